The predicted molar refractivity (Wildman–Crippen MR) is 82.3 cm³/mol. The van der Waals surface area contributed by atoms with Crippen LogP contribution < -0.4 is 5.32 Å². The van der Waals surface area contributed by atoms with E-state index in [1.807, 2.05) is 0 Å². The molecule has 1 unspecified atom stereocenters. The Morgan fingerprint density at radius 1 is 1.08 bits per heavy atom. The molecule has 0 spiro atoms. The summed E-state index contributed by atoms with van der Waals surface area (Å²) in [4.78, 5) is 3.22. The quantitative estimate of drug-likeness (QED) is 0.759. The van der Waals surface area contributed by atoms with Crippen LogP contribution in [0.4, 0.5) is 26.3 Å². The topological polar surface area (TPSA) is 45.2 Å². The molecule has 1 aromatic heterocycles. The number of alkyl halides is 6. The van der Waals surface area contributed by atoms with Crippen molar-refractivity contribution in [3.63, 3.8) is 0 Å². The van der Waals surface area contributed by atoms with Crippen LogP contribution in [0.2, 0.25) is 0 Å². The Morgan fingerprint density at radius 2 is 1.81 bits per heavy atom. The minimum Gasteiger partial charge on any atom is -0.387 e. The number of aliphatic hydroxyl groups excluding tert-OH is 1. The lowest BCUT2D eigenvalue weighted by atomic mass is 9.91. The van der Waals surface area contributed by atoms with E-state index in [2.05, 4.69) is 10.3 Å². The number of fused-ring (bicyclic) bond motifs is 1. The molecule has 1 aliphatic rings. The van der Waals surface area contributed by atoms with Gasteiger partial charge in [-0.15, -0.1) is 0 Å². The summed E-state index contributed by atoms with van der Waals surface area (Å²) in [6.45, 7) is 0.588. The summed E-state index contributed by atoms with van der Waals surface area (Å²) in [7, 11) is 0. The van der Waals surface area contributed by atoms with Crippen LogP contribution in [0.5, 0.6) is 0 Å². The molecule has 1 fully saturated rings. The van der Waals surface area contributed by atoms with E-state index in [0.29, 0.717) is 25.1 Å². The van der Waals surface area contributed by atoms with E-state index in [4.69, 9.17) is 0 Å². The van der Waals surface area contributed by atoms with Crippen LogP contribution in [0.15, 0.2) is 24.3 Å². The standard InChI is InChI=1S/C17H16F6N2O/c18-16(19,20)11-5-3-4-9-10(15(26)12-6-1-2-7-24-12)8-13(17(21,22)23)25-14(9)11/h3-5,8,12,15,24,26H,1-2,6-7H2/t12?,15-/m0/s1. The molecule has 1 saturated heterocycles. The van der Waals surface area contributed by atoms with Crippen LogP contribution in [0.25, 0.3) is 10.9 Å². The van der Waals surface area contributed by atoms with Crippen LogP contribution in [0, 0.1) is 0 Å². The molecular formula is C17H16F6N2O. The first-order valence-electron chi connectivity index (χ1n) is 8.08. The highest BCUT2D eigenvalue weighted by molar-refractivity contribution is 5.86. The first kappa shape index (κ1) is 18.9. The monoisotopic (exact) mass is 378 g/mol. The molecular weight excluding hydrogens is 362 g/mol. The summed E-state index contributed by atoms with van der Waals surface area (Å²) in [6, 6.07) is 3.16. The second-order valence-electron chi connectivity index (χ2n) is 6.30. The number of piperidine rings is 1. The summed E-state index contributed by atoms with van der Waals surface area (Å²) in [6.07, 6.45) is -9.00. The van der Waals surface area contributed by atoms with Crippen molar-refractivity contribution in [1.82, 2.24) is 10.3 Å². The molecule has 142 valence electrons. The van der Waals surface area contributed by atoms with Gasteiger partial charge in [0.15, 0.2) is 0 Å². The number of aromatic nitrogens is 1. The van der Waals surface area contributed by atoms with Crippen molar-refractivity contribution in [2.75, 3.05) is 6.54 Å². The molecule has 0 amide bonds. The third kappa shape index (κ3) is 3.64. The zero-order chi connectivity index (χ0) is 19.1. The number of pyridine rings is 1. The van der Waals surface area contributed by atoms with E-state index in [1.54, 1.807) is 0 Å². The Hall–Kier alpha value is -1.87. The Bertz CT molecular complexity index is 796. The maximum Gasteiger partial charge on any atom is 0.433 e. The number of halogens is 6. The van der Waals surface area contributed by atoms with Crippen LogP contribution >= 0.6 is 0 Å². The molecule has 2 aromatic rings. The average molecular weight is 378 g/mol. The largest absolute Gasteiger partial charge is 0.433 e. The molecule has 26 heavy (non-hydrogen) atoms. The number of nitrogens with zero attached hydrogens (tertiary/aromatic N) is 1. The Balaban J connectivity index is 2.23. The molecule has 9 heteroatoms. The van der Waals surface area contributed by atoms with Gasteiger partial charge in [-0.3, -0.25) is 0 Å². The van der Waals surface area contributed by atoms with Crippen LogP contribution in [0.1, 0.15) is 42.2 Å². The van der Waals surface area contributed by atoms with Crippen molar-refractivity contribution in [1.29, 1.82) is 0 Å². The second kappa shape index (κ2) is 6.70. The number of benzene rings is 1. The van der Waals surface area contributed by atoms with Crippen molar-refractivity contribution in [2.24, 2.45) is 0 Å². The number of hydrogen-bond donors (Lipinski definition) is 2. The smallest absolute Gasteiger partial charge is 0.387 e. The van der Waals surface area contributed by atoms with Gasteiger partial charge in [0.25, 0.3) is 0 Å². The first-order chi connectivity index (χ1) is 12.1. The van der Waals surface area contributed by atoms with E-state index in [9.17, 15) is 31.4 Å². The maximum absolute atomic E-state index is 13.2. The molecule has 3 rings (SSSR count). The van der Waals surface area contributed by atoms with E-state index in [0.717, 1.165) is 18.9 Å². The van der Waals surface area contributed by atoms with E-state index < -0.39 is 41.3 Å². The molecule has 2 heterocycles. The molecule has 2 N–H and O–H groups in total. The molecule has 1 aliphatic heterocycles. The van der Waals surface area contributed by atoms with Gasteiger partial charge in [0, 0.05) is 11.4 Å². The fourth-order valence-corrected chi connectivity index (χ4v) is 3.26. The highest BCUT2D eigenvalue weighted by atomic mass is 19.4. The Morgan fingerprint density at radius 3 is 2.38 bits per heavy atom. The lowest BCUT2D eigenvalue weighted by molar-refractivity contribution is -0.142. The lowest BCUT2D eigenvalue weighted by Gasteiger charge is -2.29. The van der Waals surface area contributed by atoms with E-state index in [-0.39, 0.29) is 10.9 Å². The predicted octanol–water partition coefficient (Wildman–Crippen LogP) is 4.45. The minimum absolute atomic E-state index is 0.132. The normalized spacial score (nSPS) is 20.3. The Kier molecular flexibility index (Phi) is 4.87. The van der Waals surface area contributed by atoms with E-state index in [1.165, 1.54) is 6.07 Å². The maximum atomic E-state index is 13.2. The van der Waals surface area contributed by atoms with Crippen LogP contribution in [-0.4, -0.2) is 22.7 Å². The van der Waals surface area contributed by atoms with Crippen LogP contribution in [0.3, 0.4) is 0 Å². The Labute approximate surface area is 145 Å². The number of para-hydroxylation sites is 1. The van der Waals surface area contributed by atoms with Gasteiger partial charge in [0.1, 0.15) is 5.69 Å². The summed E-state index contributed by atoms with van der Waals surface area (Å²) in [5.41, 5.74) is -3.72. The van der Waals surface area contributed by atoms with Crippen molar-refractivity contribution in [3.8, 4) is 0 Å². The van der Waals surface area contributed by atoms with Crippen molar-refractivity contribution in [2.45, 2.75) is 43.8 Å². The van der Waals surface area contributed by atoms with Crippen molar-refractivity contribution >= 4 is 10.9 Å². The SMILES string of the molecule is O[C@@H](c1cc(C(F)(F)F)nc2c(C(F)(F)F)cccc12)C1CCCCN1. The molecule has 0 radical (unpaired) electrons. The summed E-state index contributed by atoms with van der Waals surface area (Å²) < 4.78 is 79.3. The van der Waals surface area contributed by atoms with Gasteiger partial charge in [-0.1, -0.05) is 18.6 Å². The molecule has 1 aromatic carbocycles. The summed E-state index contributed by atoms with van der Waals surface area (Å²) in [5, 5.41) is 13.5. The molecule has 0 aliphatic carbocycles. The van der Waals surface area contributed by atoms with Gasteiger partial charge in [-0.25, -0.2) is 4.98 Å². The number of rotatable bonds is 2. The lowest BCUT2D eigenvalue weighted by Crippen LogP contribution is -2.39. The first-order valence-corrected chi connectivity index (χ1v) is 8.08. The number of hydrogen-bond acceptors (Lipinski definition) is 3. The number of aliphatic hydroxyl groups is 1. The van der Waals surface area contributed by atoms with E-state index >= 15 is 0 Å². The molecule has 3 nitrogen and oxygen atoms in total. The van der Waals surface area contributed by atoms with Gasteiger partial charge in [0.2, 0.25) is 0 Å². The third-order valence-corrected chi connectivity index (χ3v) is 4.52. The molecule has 2 atom stereocenters. The zero-order valence-electron chi connectivity index (χ0n) is 13.5. The van der Waals surface area contributed by atoms with Crippen LogP contribution in [-0.2, 0) is 12.4 Å². The van der Waals surface area contributed by atoms with Gasteiger partial charge in [-0.05, 0) is 37.1 Å². The molecule has 0 bridgehead atoms. The van der Waals surface area contributed by atoms with Gasteiger partial charge >= 0.3 is 12.4 Å². The average Bonchev–Trinajstić information content (AvgIpc) is 2.58. The number of nitrogens with one attached hydrogen (secondary N) is 1. The van der Waals surface area contributed by atoms with Gasteiger partial charge in [-0.2, -0.15) is 26.3 Å². The van der Waals surface area contributed by atoms with Crippen molar-refractivity contribution in [3.05, 3.63) is 41.1 Å². The third-order valence-electron chi connectivity index (χ3n) is 4.52. The van der Waals surface area contributed by atoms with Gasteiger partial charge < -0.3 is 10.4 Å². The fraction of sp³-hybridized carbons (Fsp3) is 0.471. The highest BCUT2D eigenvalue weighted by Gasteiger charge is 2.38. The minimum atomic E-state index is -4.93. The summed E-state index contributed by atoms with van der Waals surface area (Å²) >= 11 is 0. The fourth-order valence-electron chi connectivity index (χ4n) is 3.26. The van der Waals surface area contributed by atoms with Crippen molar-refractivity contribution < 1.29 is 31.4 Å². The highest BCUT2D eigenvalue weighted by Crippen LogP contribution is 2.39. The van der Waals surface area contributed by atoms with Gasteiger partial charge in [0.05, 0.1) is 17.2 Å². The molecule has 0 saturated carbocycles. The summed E-state index contributed by atoms with van der Waals surface area (Å²) in [5.74, 6) is 0. The second-order valence-corrected chi connectivity index (χ2v) is 6.30. The zero-order valence-corrected chi connectivity index (χ0v) is 13.5.